The van der Waals surface area contributed by atoms with E-state index in [1.165, 1.54) is 37.7 Å². The zero-order valence-corrected chi connectivity index (χ0v) is 12.7. The van der Waals surface area contributed by atoms with E-state index in [4.69, 9.17) is 4.98 Å². The summed E-state index contributed by atoms with van der Waals surface area (Å²) in [6, 6.07) is 0.738. The molecule has 0 radical (unpaired) electrons. The molecule has 0 amide bonds. The summed E-state index contributed by atoms with van der Waals surface area (Å²) in [4.78, 5) is 11.7. The molecule has 2 heterocycles. The van der Waals surface area contributed by atoms with Crippen molar-refractivity contribution in [3.8, 4) is 0 Å². The number of rotatable bonds is 5. The van der Waals surface area contributed by atoms with E-state index in [9.17, 15) is 0 Å². The van der Waals surface area contributed by atoms with E-state index in [2.05, 4.69) is 29.0 Å². The van der Waals surface area contributed by atoms with Crippen molar-refractivity contribution >= 4 is 5.95 Å². The van der Waals surface area contributed by atoms with Crippen molar-refractivity contribution in [2.45, 2.75) is 58.5 Å². The lowest BCUT2D eigenvalue weighted by Gasteiger charge is -2.31. The highest BCUT2D eigenvalue weighted by Crippen LogP contribution is 2.23. The smallest absolute Gasteiger partial charge is 0.225 e. The van der Waals surface area contributed by atoms with E-state index >= 15 is 0 Å². The fourth-order valence-electron chi connectivity index (χ4n) is 2.89. The van der Waals surface area contributed by atoms with Gasteiger partial charge in [0.05, 0.1) is 0 Å². The molecule has 2 aliphatic rings. The standard InChI is InChI=1S/C16H26N4/c1-3-13-6-8-20(9-7-13)16-18-11-14(12(2)19-16)10-17-15-4-5-15/h11,13,15,17H,3-10H2,1-2H3. The zero-order valence-electron chi connectivity index (χ0n) is 12.7. The summed E-state index contributed by atoms with van der Waals surface area (Å²) in [5.41, 5.74) is 2.37. The van der Waals surface area contributed by atoms with Crippen LogP contribution in [0, 0.1) is 12.8 Å². The third-order valence-electron chi connectivity index (χ3n) is 4.70. The van der Waals surface area contributed by atoms with E-state index in [1.807, 2.05) is 6.20 Å². The Hall–Kier alpha value is -1.16. The molecule has 110 valence electrons. The molecule has 3 rings (SSSR count). The summed E-state index contributed by atoms with van der Waals surface area (Å²) in [5.74, 6) is 1.82. The largest absolute Gasteiger partial charge is 0.341 e. The van der Waals surface area contributed by atoms with Crippen molar-refractivity contribution in [3.05, 3.63) is 17.5 Å². The molecule has 1 aliphatic carbocycles. The van der Waals surface area contributed by atoms with Gasteiger partial charge in [0.25, 0.3) is 0 Å². The summed E-state index contributed by atoms with van der Waals surface area (Å²) in [6.45, 7) is 7.53. The third kappa shape index (κ3) is 3.29. The maximum atomic E-state index is 4.72. The van der Waals surface area contributed by atoms with Gasteiger partial charge < -0.3 is 10.2 Å². The lowest BCUT2D eigenvalue weighted by atomic mass is 9.95. The van der Waals surface area contributed by atoms with Gasteiger partial charge in [-0.3, -0.25) is 0 Å². The van der Waals surface area contributed by atoms with E-state index < -0.39 is 0 Å². The molecule has 0 bridgehead atoms. The minimum absolute atomic E-state index is 0.738. The van der Waals surface area contributed by atoms with Crippen molar-refractivity contribution in [1.82, 2.24) is 15.3 Å². The van der Waals surface area contributed by atoms with Crippen LogP contribution in [0.1, 0.15) is 50.3 Å². The van der Waals surface area contributed by atoms with Gasteiger partial charge in [-0.15, -0.1) is 0 Å². The highest BCUT2D eigenvalue weighted by molar-refractivity contribution is 5.33. The van der Waals surface area contributed by atoms with Gasteiger partial charge in [0.1, 0.15) is 0 Å². The molecule has 0 atom stereocenters. The number of hydrogen-bond acceptors (Lipinski definition) is 4. The van der Waals surface area contributed by atoms with Crippen molar-refractivity contribution in [2.24, 2.45) is 5.92 Å². The summed E-state index contributed by atoms with van der Waals surface area (Å²) in [5, 5.41) is 3.53. The minimum atomic E-state index is 0.738. The molecule has 1 N–H and O–H groups in total. The van der Waals surface area contributed by atoms with E-state index in [0.717, 1.165) is 43.2 Å². The molecule has 1 saturated carbocycles. The number of aryl methyl sites for hydroxylation is 1. The second-order valence-corrected chi connectivity index (χ2v) is 6.27. The fraction of sp³-hybridized carbons (Fsp3) is 0.750. The van der Waals surface area contributed by atoms with Crippen LogP contribution >= 0.6 is 0 Å². The monoisotopic (exact) mass is 274 g/mol. The number of anilines is 1. The maximum absolute atomic E-state index is 4.72. The minimum Gasteiger partial charge on any atom is -0.341 e. The van der Waals surface area contributed by atoms with Gasteiger partial charge in [0, 0.05) is 43.1 Å². The molecule has 2 fully saturated rings. The van der Waals surface area contributed by atoms with Gasteiger partial charge in [0.2, 0.25) is 5.95 Å². The first-order valence-electron chi connectivity index (χ1n) is 8.07. The van der Waals surface area contributed by atoms with Crippen molar-refractivity contribution in [3.63, 3.8) is 0 Å². The summed E-state index contributed by atoms with van der Waals surface area (Å²) in [7, 11) is 0. The predicted molar refractivity (Wildman–Crippen MR) is 81.9 cm³/mol. The molecule has 4 nitrogen and oxygen atoms in total. The number of hydrogen-bond donors (Lipinski definition) is 1. The molecule has 0 aromatic carbocycles. The number of piperidine rings is 1. The average molecular weight is 274 g/mol. The van der Waals surface area contributed by atoms with Gasteiger partial charge in [0.15, 0.2) is 0 Å². The first-order valence-corrected chi connectivity index (χ1v) is 8.07. The summed E-state index contributed by atoms with van der Waals surface area (Å²) >= 11 is 0. The van der Waals surface area contributed by atoms with E-state index in [0.29, 0.717) is 0 Å². The van der Waals surface area contributed by atoms with Gasteiger partial charge in [-0.2, -0.15) is 0 Å². The summed E-state index contributed by atoms with van der Waals surface area (Å²) < 4.78 is 0. The Kier molecular flexibility index (Phi) is 4.20. The number of nitrogens with one attached hydrogen (secondary N) is 1. The van der Waals surface area contributed by atoms with Crippen LogP contribution in [-0.4, -0.2) is 29.1 Å². The first kappa shape index (κ1) is 13.8. The Morgan fingerprint density at radius 1 is 1.25 bits per heavy atom. The van der Waals surface area contributed by atoms with Gasteiger partial charge in [-0.25, -0.2) is 9.97 Å². The Bertz CT molecular complexity index is 448. The highest BCUT2D eigenvalue weighted by atomic mass is 15.3. The van der Waals surface area contributed by atoms with E-state index in [-0.39, 0.29) is 0 Å². The van der Waals surface area contributed by atoms with E-state index in [1.54, 1.807) is 0 Å². The van der Waals surface area contributed by atoms with Crippen molar-refractivity contribution < 1.29 is 0 Å². The van der Waals surface area contributed by atoms with Crippen LogP contribution in [0.4, 0.5) is 5.95 Å². The molecule has 1 aromatic heterocycles. The predicted octanol–water partition coefficient (Wildman–Crippen LogP) is 2.66. The lowest BCUT2D eigenvalue weighted by molar-refractivity contribution is 0.392. The maximum Gasteiger partial charge on any atom is 0.225 e. The zero-order chi connectivity index (χ0) is 13.9. The van der Waals surface area contributed by atoms with Gasteiger partial charge in [-0.1, -0.05) is 13.3 Å². The van der Waals surface area contributed by atoms with Crippen LogP contribution in [0.3, 0.4) is 0 Å². The van der Waals surface area contributed by atoms with Crippen LogP contribution in [0.25, 0.3) is 0 Å². The van der Waals surface area contributed by atoms with Crippen LogP contribution in [0.2, 0.25) is 0 Å². The van der Waals surface area contributed by atoms with Crippen molar-refractivity contribution in [2.75, 3.05) is 18.0 Å². The Morgan fingerprint density at radius 2 is 2.00 bits per heavy atom. The van der Waals surface area contributed by atoms with Gasteiger partial charge >= 0.3 is 0 Å². The second-order valence-electron chi connectivity index (χ2n) is 6.27. The Morgan fingerprint density at radius 3 is 2.60 bits per heavy atom. The Balaban J connectivity index is 1.60. The SMILES string of the molecule is CCC1CCN(c2ncc(CNC3CC3)c(C)n2)CC1. The number of aromatic nitrogens is 2. The van der Waals surface area contributed by atoms with Gasteiger partial charge in [-0.05, 0) is 38.5 Å². The molecule has 0 unspecified atom stereocenters. The Labute approximate surface area is 122 Å². The quantitative estimate of drug-likeness (QED) is 0.896. The van der Waals surface area contributed by atoms with Crippen LogP contribution in [0.15, 0.2) is 6.20 Å². The molecular weight excluding hydrogens is 248 g/mol. The molecule has 1 aromatic rings. The lowest BCUT2D eigenvalue weighted by Crippen LogP contribution is -2.35. The molecule has 4 heteroatoms. The average Bonchev–Trinajstić information content (AvgIpc) is 3.30. The molecule has 0 spiro atoms. The third-order valence-corrected chi connectivity index (χ3v) is 4.70. The number of nitrogens with zero attached hydrogens (tertiary/aromatic N) is 3. The molecule has 1 saturated heterocycles. The van der Waals surface area contributed by atoms with Crippen LogP contribution < -0.4 is 10.2 Å². The second kappa shape index (κ2) is 6.08. The molecular formula is C16H26N4. The summed E-state index contributed by atoms with van der Waals surface area (Å²) in [6.07, 6.45) is 8.53. The topological polar surface area (TPSA) is 41.1 Å². The first-order chi connectivity index (χ1) is 9.76. The van der Waals surface area contributed by atoms with Crippen molar-refractivity contribution in [1.29, 1.82) is 0 Å². The molecule has 1 aliphatic heterocycles. The van der Waals surface area contributed by atoms with Crippen LogP contribution in [0.5, 0.6) is 0 Å². The fourth-order valence-corrected chi connectivity index (χ4v) is 2.89. The normalized spacial score (nSPS) is 20.4. The highest BCUT2D eigenvalue weighted by Gasteiger charge is 2.22. The molecule has 20 heavy (non-hydrogen) atoms. The van der Waals surface area contributed by atoms with Crippen LogP contribution in [-0.2, 0) is 6.54 Å².